The summed E-state index contributed by atoms with van der Waals surface area (Å²) in [6.45, 7) is 2.61. The molecule has 1 unspecified atom stereocenters. The number of nitrogens with one attached hydrogen (secondary N) is 3. The summed E-state index contributed by atoms with van der Waals surface area (Å²) in [5.74, 6) is -1.12. The van der Waals surface area contributed by atoms with Gasteiger partial charge >= 0.3 is 18.0 Å². The lowest BCUT2D eigenvalue weighted by molar-refractivity contribution is -0.142. The molecule has 3 N–H and O–H groups in total. The molecule has 11 nitrogen and oxygen atoms in total. The Hall–Kier alpha value is -4.02. The Balaban J connectivity index is 1.73. The monoisotopic (exact) mass is 431 g/mol. The molecule has 3 rings (SSSR count). The first-order valence-corrected chi connectivity index (χ1v) is 9.40. The first kappa shape index (κ1) is 21.7. The number of furan rings is 2. The zero-order valence-electron chi connectivity index (χ0n) is 16.9. The first-order chi connectivity index (χ1) is 14.9. The van der Waals surface area contributed by atoms with E-state index in [1.54, 1.807) is 26.0 Å². The van der Waals surface area contributed by atoms with E-state index < -0.39 is 43.1 Å². The van der Waals surface area contributed by atoms with Gasteiger partial charge in [0.25, 0.3) is 5.91 Å². The fourth-order valence-corrected chi connectivity index (χ4v) is 2.85. The molecule has 164 valence electrons. The number of hydrogen-bond donors (Lipinski definition) is 3. The van der Waals surface area contributed by atoms with Gasteiger partial charge in [0.05, 0.1) is 24.1 Å². The van der Waals surface area contributed by atoms with Crippen molar-refractivity contribution in [3.63, 3.8) is 0 Å². The molecular weight excluding hydrogens is 410 g/mol. The highest BCUT2D eigenvalue weighted by molar-refractivity contribution is 5.95. The smallest absolute Gasteiger partial charge is 0.338 e. The van der Waals surface area contributed by atoms with Gasteiger partial charge in [0.2, 0.25) is 0 Å². The maximum atomic E-state index is 12.6. The number of rotatable bonds is 8. The second-order valence-corrected chi connectivity index (χ2v) is 6.41. The summed E-state index contributed by atoms with van der Waals surface area (Å²) in [6, 6.07) is 4.76. The van der Waals surface area contributed by atoms with Crippen LogP contribution in [0, 0.1) is 6.92 Å². The second kappa shape index (κ2) is 9.65. The van der Waals surface area contributed by atoms with Crippen molar-refractivity contribution in [1.29, 1.82) is 0 Å². The van der Waals surface area contributed by atoms with Gasteiger partial charge in [-0.25, -0.2) is 9.59 Å². The van der Waals surface area contributed by atoms with Crippen LogP contribution in [0.2, 0.25) is 0 Å². The predicted molar refractivity (Wildman–Crippen MR) is 104 cm³/mol. The lowest BCUT2D eigenvalue weighted by Crippen LogP contribution is -2.47. The van der Waals surface area contributed by atoms with E-state index in [-0.39, 0.29) is 23.6 Å². The summed E-state index contributed by atoms with van der Waals surface area (Å²) in [7, 11) is 0. The molecule has 1 aliphatic heterocycles. The number of aryl methyl sites for hydroxylation is 1. The van der Waals surface area contributed by atoms with E-state index in [0.717, 1.165) is 0 Å². The van der Waals surface area contributed by atoms with E-state index >= 15 is 0 Å². The molecule has 0 saturated heterocycles. The third kappa shape index (κ3) is 5.32. The highest BCUT2D eigenvalue weighted by atomic mass is 16.5. The molecule has 0 bridgehead atoms. The first-order valence-electron chi connectivity index (χ1n) is 9.40. The second-order valence-electron chi connectivity index (χ2n) is 6.41. The van der Waals surface area contributed by atoms with Crippen LogP contribution in [0.25, 0.3) is 0 Å². The van der Waals surface area contributed by atoms with Crippen LogP contribution in [-0.4, -0.2) is 43.6 Å². The van der Waals surface area contributed by atoms with E-state index in [1.807, 2.05) is 0 Å². The Morgan fingerprint density at radius 2 is 2.00 bits per heavy atom. The van der Waals surface area contributed by atoms with Crippen molar-refractivity contribution in [3.8, 4) is 0 Å². The molecule has 3 heterocycles. The third-order valence-electron chi connectivity index (χ3n) is 4.21. The van der Waals surface area contributed by atoms with Gasteiger partial charge in [-0.1, -0.05) is 0 Å². The van der Waals surface area contributed by atoms with E-state index in [2.05, 4.69) is 16.0 Å². The predicted octanol–water partition coefficient (Wildman–Crippen LogP) is 1.33. The Kier molecular flexibility index (Phi) is 6.75. The van der Waals surface area contributed by atoms with Crippen LogP contribution in [-0.2, 0) is 19.1 Å². The summed E-state index contributed by atoms with van der Waals surface area (Å²) < 4.78 is 20.7. The van der Waals surface area contributed by atoms with Crippen molar-refractivity contribution in [2.45, 2.75) is 19.9 Å². The zero-order valence-corrected chi connectivity index (χ0v) is 16.9. The molecule has 0 fully saturated rings. The van der Waals surface area contributed by atoms with Crippen molar-refractivity contribution in [1.82, 2.24) is 16.0 Å². The van der Waals surface area contributed by atoms with Crippen LogP contribution in [0.4, 0.5) is 4.79 Å². The van der Waals surface area contributed by atoms with Gasteiger partial charge in [-0.2, -0.15) is 0 Å². The minimum absolute atomic E-state index is 0.0438. The standard InChI is InChI=1S/C20H21N3O8/c1-3-28-19(26)16-12(22-20(27)23-17(16)13-7-6-11(2)31-13)10-30-15(24)9-21-18(25)14-5-4-8-29-14/h4-8,17H,3,9-10H2,1-2H3,(H,21,25)(H2,22,23,27). The van der Waals surface area contributed by atoms with E-state index in [1.165, 1.54) is 18.4 Å². The summed E-state index contributed by atoms with van der Waals surface area (Å²) in [5, 5.41) is 7.40. The summed E-state index contributed by atoms with van der Waals surface area (Å²) >= 11 is 0. The van der Waals surface area contributed by atoms with E-state index in [4.69, 9.17) is 18.3 Å². The molecule has 31 heavy (non-hydrogen) atoms. The number of urea groups is 1. The Labute approximate surface area is 176 Å². The number of esters is 2. The largest absolute Gasteiger partial charge is 0.464 e. The number of hydrogen-bond acceptors (Lipinski definition) is 8. The highest BCUT2D eigenvalue weighted by Crippen LogP contribution is 2.29. The van der Waals surface area contributed by atoms with Crippen molar-refractivity contribution in [2.24, 2.45) is 0 Å². The minimum atomic E-state index is -0.922. The van der Waals surface area contributed by atoms with Crippen molar-refractivity contribution in [2.75, 3.05) is 19.8 Å². The Morgan fingerprint density at radius 3 is 2.65 bits per heavy atom. The molecule has 0 radical (unpaired) electrons. The maximum absolute atomic E-state index is 12.6. The molecule has 0 spiro atoms. The van der Waals surface area contributed by atoms with Crippen molar-refractivity contribution in [3.05, 3.63) is 59.1 Å². The van der Waals surface area contributed by atoms with Crippen LogP contribution >= 0.6 is 0 Å². The fourth-order valence-electron chi connectivity index (χ4n) is 2.85. The molecule has 2 aromatic rings. The van der Waals surface area contributed by atoms with Crippen LogP contribution in [0.5, 0.6) is 0 Å². The topological polar surface area (TPSA) is 149 Å². The molecule has 0 aliphatic carbocycles. The molecule has 11 heteroatoms. The zero-order chi connectivity index (χ0) is 22.4. The summed E-state index contributed by atoms with van der Waals surface area (Å²) in [4.78, 5) is 48.6. The maximum Gasteiger partial charge on any atom is 0.338 e. The van der Waals surface area contributed by atoms with Crippen molar-refractivity contribution >= 4 is 23.9 Å². The van der Waals surface area contributed by atoms with Gasteiger partial charge in [0.15, 0.2) is 5.76 Å². The SMILES string of the molecule is CCOC(=O)C1=C(COC(=O)CNC(=O)c2ccco2)NC(=O)NC1c1ccc(C)o1. The number of amides is 3. The Bertz CT molecular complexity index is 1010. The average molecular weight is 431 g/mol. The normalized spacial score (nSPS) is 15.7. The summed E-state index contributed by atoms with van der Waals surface area (Å²) in [6.07, 6.45) is 1.33. The molecule has 1 atom stereocenters. The van der Waals surface area contributed by atoms with Gasteiger partial charge in [0.1, 0.15) is 30.7 Å². The van der Waals surface area contributed by atoms with Gasteiger partial charge in [-0.3, -0.25) is 9.59 Å². The van der Waals surface area contributed by atoms with Gasteiger partial charge < -0.3 is 34.3 Å². The number of ether oxygens (including phenoxy) is 2. The van der Waals surface area contributed by atoms with Gasteiger partial charge in [0, 0.05) is 0 Å². The van der Waals surface area contributed by atoms with Crippen LogP contribution in [0.15, 0.2) is 50.6 Å². The summed E-state index contributed by atoms with van der Waals surface area (Å²) in [5.41, 5.74) is 0.0928. The fraction of sp³-hybridized carbons (Fsp3) is 0.300. The van der Waals surface area contributed by atoms with Crippen molar-refractivity contribution < 1.29 is 37.5 Å². The van der Waals surface area contributed by atoms with Gasteiger partial charge in [-0.05, 0) is 38.1 Å². The molecule has 2 aromatic heterocycles. The number of carbonyl (C=O) groups is 4. The molecule has 3 amide bonds. The van der Waals surface area contributed by atoms with E-state index in [9.17, 15) is 19.2 Å². The third-order valence-corrected chi connectivity index (χ3v) is 4.21. The quantitative estimate of drug-likeness (QED) is 0.530. The molecule has 0 aromatic carbocycles. The lowest BCUT2D eigenvalue weighted by Gasteiger charge is -2.27. The Morgan fingerprint density at radius 1 is 1.19 bits per heavy atom. The van der Waals surface area contributed by atoms with Crippen LogP contribution in [0.1, 0.15) is 35.0 Å². The minimum Gasteiger partial charge on any atom is -0.464 e. The van der Waals surface area contributed by atoms with Crippen LogP contribution < -0.4 is 16.0 Å². The lowest BCUT2D eigenvalue weighted by atomic mass is 10.0. The molecular formula is C20H21N3O8. The van der Waals surface area contributed by atoms with Gasteiger partial charge in [-0.15, -0.1) is 0 Å². The average Bonchev–Trinajstić information content (AvgIpc) is 3.42. The number of carbonyl (C=O) groups excluding carboxylic acids is 4. The van der Waals surface area contributed by atoms with Crippen LogP contribution in [0.3, 0.4) is 0 Å². The molecule has 1 aliphatic rings. The highest BCUT2D eigenvalue weighted by Gasteiger charge is 2.36. The molecule has 0 saturated carbocycles. The van der Waals surface area contributed by atoms with E-state index in [0.29, 0.717) is 11.5 Å².